The molecule has 0 radical (unpaired) electrons. The summed E-state index contributed by atoms with van der Waals surface area (Å²) in [6, 6.07) is 0.922. The largest absolute Gasteiger partial charge is 1.00 e. The van der Waals surface area contributed by atoms with Gasteiger partial charge in [-0.05, 0) is 0 Å². The predicted molar refractivity (Wildman–Crippen MR) is 98.3 cm³/mol. The molecule has 0 aliphatic carbocycles. The Labute approximate surface area is 245 Å². The van der Waals surface area contributed by atoms with Gasteiger partial charge in [0.2, 0.25) is 0 Å². The average Bonchev–Trinajstić information content (AvgIpc) is 3.00. The SMILES string of the molecule is O=c1ccn([C@@H]2O[C@H](COP(=O)([O-])OP(=O)([O-])O[C@H]3OC[C@H](O)[C@H](O)[C@H]3O)[C@@H](O)[C@H]2O)c(=O)[nH]1.[Na+].[Na+]. The molecule has 2 unspecified atom stereocenters. The van der Waals surface area contributed by atoms with E-state index in [1.54, 1.807) is 0 Å². The molecule has 2 fully saturated rings. The molecule has 2 saturated heterocycles. The van der Waals surface area contributed by atoms with Crippen LogP contribution in [0, 0.1) is 0 Å². The van der Waals surface area contributed by atoms with Gasteiger partial charge in [-0.1, -0.05) is 0 Å². The number of ether oxygens (including phenoxy) is 2. The molecule has 0 saturated carbocycles. The second-order valence-electron chi connectivity index (χ2n) is 7.19. The van der Waals surface area contributed by atoms with E-state index in [-0.39, 0.29) is 59.1 Å². The van der Waals surface area contributed by atoms with Crippen LogP contribution in [0.15, 0.2) is 21.9 Å². The number of phosphoric ester groups is 2. The molecule has 2 aliphatic heterocycles. The number of hydrogen-bond donors (Lipinski definition) is 6. The normalized spacial score (nSPS) is 35.6. The molecule has 36 heavy (non-hydrogen) atoms. The Bertz CT molecular complexity index is 1090. The number of nitrogens with zero attached hydrogens (tertiary/aromatic N) is 1. The molecule has 0 spiro atoms. The van der Waals surface area contributed by atoms with Crippen LogP contribution in [-0.4, -0.2) is 91.2 Å². The maximum Gasteiger partial charge on any atom is 1.00 e. The van der Waals surface area contributed by atoms with E-state index in [0.717, 1.165) is 12.3 Å². The third kappa shape index (κ3) is 8.58. The molecule has 18 nitrogen and oxygen atoms in total. The van der Waals surface area contributed by atoms with Gasteiger partial charge < -0.3 is 49.3 Å². The number of hydrogen-bond acceptors (Lipinski definition) is 16. The minimum Gasteiger partial charge on any atom is -0.756 e. The van der Waals surface area contributed by atoms with Gasteiger partial charge in [0.25, 0.3) is 21.2 Å². The summed E-state index contributed by atoms with van der Waals surface area (Å²) >= 11 is 0. The van der Waals surface area contributed by atoms with Crippen molar-refractivity contribution in [3.8, 4) is 0 Å². The second-order valence-corrected chi connectivity index (χ2v) is 10.1. The van der Waals surface area contributed by atoms with Crippen molar-refractivity contribution in [2.24, 2.45) is 0 Å². The number of nitrogens with one attached hydrogen (secondary N) is 1. The summed E-state index contributed by atoms with van der Waals surface area (Å²) in [7, 11) is -11.5. The zero-order valence-corrected chi connectivity index (χ0v) is 24.5. The Kier molecular flexibility index (Phi) is 13.3. The van der Waals surface area contributed by atoms with Gasteiger partial charge in [-0.2, -0.15) is 0 Å². The molecule has 1 aromatic rings. The van der Waals surface area contributed by atoms with Crippen molar-refractivity contribution in [3.05, 3.63) is 33.1 Å². The molecule has 0 bridgehead atoms. The van der Waals surface area contributed by atoms with Crippen molar-refractivity contribution < 1.29 is 126 Å². The fourth-order valence-electron chi connectivity index (χ4n) is 3.05. The smallest absolute Gasteiger partial charge is 0.756 e. The number of rotatable bonds is 8. The molecule has 0 aromatic carbocycles. The number of aromatic nitrogens is 2. The summed E-state index contributed by atoms with van der Waals surface area (Å²) in [5.74, 6) is 0. The zero-order chi connectivity index (χ0) is 25.4. The molecule has 10 atom stereocenters. The van der Waals surface area contributed by atoms with Crippen molar-refractivity contribution in [1.82, 2.24) is 9.55 Å². The minimum absolute atomic E-state index is 0. The first kappa shape index (κ1) is 34.7. The quantitative estimate of drug-likeness (QED) is 0.123. The first-order valence-electron chi connectivity index (χ1n) is 9.36. The number of aromatic amines is 1. The summed E-state index contributed by atoms with van der Waals surface area (Å²) in [6.45, 7) is -1.73. The maximum absolute atomic E-state index is 11.9. The van der Waals surface area contributed by atoms with Crippen LogP contribution in [0.4, 0.5) is 0 Å². The van der Waals surface area contributed by atoms with Crippen molar-refractivity contribution in [2.45, 2.75) is 49.1 Å². The molecule has 22 heteroatoms. The molecular weight excluding hydrogens is 560 g/mol. The van der Waals surface area contributed by atoms with E-state index < -0.39 is 89.2 Å². The van der Waals surface area contributed by atoms with Crippen LogP contribution in [0.3, 0.4) is 0 Å². The van der Waals surface area contributed by atoms with E-state index in [0.29, 0.717) is 4.57 Å². The summed E-state index contributed by atoms with van der Waals surface area (Å²) in [5, 5.41) is 48.6. The molecule has 2 aliphatic rings. The van der Waals surface area contributed by atoms with Gasteiger partial charge in [-0.25, -0.2) is 9.11 Å². The van der Waals surface area contributed by atoms with Gasteiger partial charge in [-0.15, -0.1) is 0 Å². The fourth-order valence-corrected chi connectivity index (χ4v) is 5.15. The number of phosphoric acid groups is 2. The zero-order valence-electron chi connectivity index (χ0n) is 18.8. The predicted octanol–water partition coefficient (Wildman–Crippen LogP) is -11.4. The summed E-state index contributed by atoms with van der Waals surface area (Å²) in [6.07, 6.45) is -13.4. The Morgan fingerprint density at radius 3 is 2.28 bits per heavy atom. The van der Waals surface area contributed by atoms with Gasteiger partial charge in [0.1, 0.15) is 36.6 Å². The number of aliphatic hydroxyl groups is 5. The van der Waals surface area contributed by atoms with Crippen LogP contribution in [-0.2, 0) is 32.0 Å². The third-order valence-electron chi connectivity index (χ3n) is 4.75. The van der Waals surface area contributed by atoms with Crippen molar-refractivity contribution in [3.63, 3.8) is 0 Å². The van der Waals surface area contributed by atoms with E-state index in [1.807, 2.05) is 4.98 Å². The van der Waals surface area contributed by atoms with Crippen LogP contribution >= 0.6 is 15.6 Å². The molecular formula is C14H20N2Na2O16P2. The Morgan fingerprint density at radius 1 is 1.03 bits per heavy atom. The van der Waals surface area contributed by atoms with Gasteiger partial charge in [0, 0.05) is 12.3 Å². The van der Waals surface area contributed by atoms with E-state index >= 15 is 0 Å². The average molecular weight is 580 g/mol. The van der Waals surface area contributed by atoms with E-state index in [1.165, 1.54) is 0 Å². The minimum atomic E-state index is -5.79. The van der Waals surface area contributed by atoms with Gasteiger partial charge >= 0.3 is 64.8 Å². The standard InChI is InChI=1S/C14H22N2O16P2.2Na/c17-5-3-28-13(11(22)8(5)19)31-34(26,27)32-33(24,25)29-4-6-9(20)10(21)12(30-6)16-2-1-7(18)15-14(16)23;;/h1-2,5-6,8-13,17,19-22H,3-4H2,(H,24,25)(H,26,27)(H,15,18,23);;/q;2*+1/p-2/t5-,6+,8-,9+,10+,11+,12+,13+;;/m0../s1. The third-order valence-corrected chi connectivity index (χ3v) is 7.28. The monoisotopic (exact) mass is 580 g/mol. The van der Waals surface area contributed by atoms with Crippen molar-refractivity contribution in [2.75, 3.05) is 13.2 Å². The van der Waals surface area contributed by atoms with Crippen LogP contribution in [0.2, 0.25) is 0 Å². The van der Waals surface area contributed by atoms with E-state index in [4.69, 9.17) is 4.74 Å². The van der Waals surface area contributed by atoms with Gasteiger partial charge in [0.15, 0.2) is 12.5 Å². The van der Waals surface area contributed by atoms with Gasteiger partial charge in [-0.3, -0.25) is 28.0 Å². The Hall–Kier alpha value is 0.660. The second kappa shape index (κ2) is 13.8. The first-order valence-corrected chi connectivity index (χ1v) is 12.3. The van der Waals surface area contributed by atoms with E-state index in [2.05, 4.69) is 18.1 Å². The van der Waals surface area contributed by atoms with Crippen molar-refractivity contribution >= 4 is 15.6 Å². The Balaban J connectivity index is 0.00000324. The summed E-state index contributed by atoms with van der Waals surface area (Å²) < 4.78 is 46.8. The molecule has 0 amide bonds. The molecule has 6 N–H and O–H groups in total. The Morgan fingerprint density at radius 2 is 1.67 bits per heavy atom. The molecule has 194 valence electrons. The van der Waals surface area contributed by atoms with Crippen LogP contribution in [0.5, 0.6) is 0 Å². The first-order chi connectivity index (χ1) is 15.7. The molecule has 3 heterocycles. The number of aliphatic hydroxyl groups excluding tert-OH is 5. The fraction of sp³-hybridized carbons (Fsp3) is 0.714. The van der Waals surface area contributed by atoms with Crippen LogP contribution in [0.25, 0.3) is 0 Å². The summed E-state index contributed by atoms with van der Waals surface area (Å²) in [5.41, 5.74) is -1.75. The van der Waals surface area contributed by atoms with Crippen LogP contribution < -0.4 is 80.2 Å². The van der Waals surface area contributed by atoms with Crippen LogP contribution in [0.1, 0.15) is 6.23 Å². The molecule has 3 rings (SSSR count). The summed E-state index contributed by atoms with van der Waals surface area (Å²) in [4.78, 5) is 48.7. The van der Waals surface area contributed by atoms with Crippen molar-refractivity contribution in [1.29, 1.82) is 0 Å². The van der Waals surface area contributed by atoms with E-state index in [9.17, 15) is 54.0 Å². The number of H-pyrrole nitrogens is 1. The maximum atomic E-state index is 11.9. The molecule has 1 aromatic heterocycles. The van der Waals surface area contributed by atoms with Gasteiger partial charge in [0.05, 0.1) is 13.2 Å². The topological polar surface area (TPSA) is 282 Å².